The molecule has 0 amide bonds. The zero-order valence-electron chi connectivity index (χ0n) is 17.8. The van der Waals surface area contributed by atoms with E-state index in [0.717, 1.165) is 37.9 Å². The monoisotopic (exact) mass is 435 g/mol. The molecule has 164 valence electrons. The first-order valence-corrected chi connectivity index (χ1v) is 10.6. The number of aromatic nitrogens is 3. The van der Waals surface area contributed by atoms with Crippen molar-refractivity contribution in [3.8, 4) is 22.9 Å². The van der Waals surface area contributed by atoms with Crippen molar-refractivity contribution in [2.45, 2.75) is 26.2 Å². The molecule has 32 heavy (non-hydrogen) atoms. The minimum atomic E-state index is -0.758. The largest absolute Gasteiger partial charge is 0.487 e. The van der Waals surface area contributed by atoms with Gasteiger partial charge >= 0.3 is 0 Å². The fourth-order valence-electron chi connectivity index (χ4n) is 3.69. The summed E-state index contributed by atoms with van der Waals surface area (Å²) in [6.45, 7) is 3.85. The van der Waals surface area contributed by atoms with Crippen LogP contribution in [0.25, 0.3) is 11.1 Å². The highest BCUT2D eigenvalue weighted by Gasteiger charge is 2.23. The van der Waals surface area contributed by atoms with E-state index in [4.69, 9.17) is 10.00 Å². The van der Waals surface area contributed by atoms with Gasteiger partial charge in [0.2, 0.25) is 5.95 Å². The third-order valence-electron chi connectivity index (χ3n) is 5.67. The minimum absolute atomic E-state index is 0.197. The van der Waals surface area contributed by atoms with Crippen molar-refractivity contribution >= 4 is 5.95 Å². The molecule has 0 N–H and O–H groups in total. The average molecular weight is 435 g/mol. The summed E-state index contributed by atoms with van der Waals surface area (Å²) in [7, 11) is 0. The molecule has 8 heteroatoms. The second kappa shape index (κ2) is 9.69. The molecule has 3 heterocycles. The zero-order valence-corrected chi connectivity index (χ0v) is 17.8. The van der Waals surface area contributed by atoms with Gasteiger partial charge in [0, 0.05) is 37.2 Å². The molecule has 6 nitrogen and oxygen atoms in total. The minimum Gasteiger partial charge on any atom is -0.487 e. The summed E-state index contributed by atoms with van der Waals surface area (Å²) < 4.78 is 34.7. The van der Waals surface area contributed by atoms with Crippen molar-refractivity contribution in [3.05, 3.63) is 65.7 Å². The summed E-state index contributed by atoms with van der Waals surface area (Å²) in [5.74, 6) is -0.970. The first-order chi connectivity index (χ1) is 15.6. The van der Waals surface area contributed by atoms with Gasteiger partial charge in [0.15, 0.2) is 17.4 Å². The van der Waals surface area contributed by atoms with Crippen LogP contribution in [-0.4, -0.2) is 34.6 Å². The molecule has 2 aromatic heterocycles. The van der Waals surface area contributed by atoms with E-state index in [1.165, 1.54) is 24.4 Å². The Kier molecular flexibility index (Phi) is 6.55. The topological polar surface area (TPSA) is 74.9 Å². The van der Waals surface area contributed by atoms with Crippen molar-refractivity contribution in [1.82, 2.24) is 15.0 Å². The lowest BCUT2D eigenvalue weighted by Gasteiger charge is -2.31. The fourth-order valence-corrected chi connectivity index (χ4v) is 3.69. The normalized spacial score (nSPS) is 14.2. The van der Waals surface area contributed by atoms with E-state index in [2.05, 4.69) is 26.8 Å². The molecule has 1 aromatic carbocycles. The van der Waals surface area contributed by atoms with Crippen LogP contribution in [0.1, 0.15) is 31.0 Å². The second-order valence-corrected chi connectivity index (χ2v) is 7.80. The lowest BCUT2D eigenvalue weighted by molar-refractivity contribution is 0.207. The van der Waals surface area contributed by atoms with Crippen LogP contribution < -0.4 is 9.64 Å². The molecule has 0 aliphatic carbocycles. The predicted molar refractivity (Wildman–Crippen MR) is 116 cm³/mol. The highest BCUT2D eigenvalue weighted by molar-refractivity contribution is 5.64. The maximum atomic E-state index is 14.6. The van der Waals surface area contributed by atoms with Gasteiger partial charge in [-0.25, -0.2) is 23.7 Å². The Morgan fingerprint density at radius 1 is 1.03 bits per heavy atom. The molecule has 4 rings (SSSR count). The van der Waals surface area contributed by atoms with Crippen molar-refractivity contribution in [1.29, 1.82) is 5.26 Å². The van der Waals surface area contributed by atoms with Crippen molar-refractivity contribution < 1.29 is 13.5 Å². The first-order valence-electron chi connectivity index (χ1n) is 10.6. The molecular weight excluding hydrogens is 412 g/mol. The molecule has 0 saturated carbocycles. The van der Waals surface area contributed by atoms with Gasteiger partial charge in [-0.3, -0.25) is 0 Å². The van der Waals surface area contributed by atoms with Gasteiger partial charge in [-0.1, -0.05) is 6.92 Å². The van der Waals surface area contributed by atoms with Crippen LogP contribution in [0, 0.1) is 28.9 Å². The zero-order chi connectivity index (χ0) is 22.5. The van der Waals surface area contributed by atoms with E-state index < -0.39 is 11.6 Å². The van der Waals surface area contributed by atoms with Gasteiger partial charge < -0.3 is 9.64 Å². The third-order valence-corrected chi connectivity index (χ3v) is 5.67. The van der Waals surface area contributed by atoms with Crippen LogP contribution in [0.15, 0.2) is 42.9 Å². The SMILES string of the molecule is CCc1cnc(N2CCC(COc3c(F)cc(-c4ccc(C#N)nc4)cc3F)CC2)nc1. The number of pyridine rings is 1. The summed E-state index contributed by atoms with van der Waals surface area (Å²) in [6, 6.07) is 7.47. The Bertz CT molecular complexity index is 1080. The highest BCUT2D eigenvalue weighted by Crippen LogP contribution is 2.30. The number of nitriles is 1. The van der Waals surface area contributed by atoms with Gasteiger partial charge in [0.1, 0.15) is 11.8 Å². The third kappa shape index (κ3) is 4.83. The Morgan fingerprint density at radius 2 is 1.72 bits per heavy atom. The van der Waals surface area contributed by atoms with E-state index in [1.807, 2.05) is 18.5 Å². The number of rotatable bonds is 6. The summed E-state index contributed by atoms with van der Waals surface area (Å²) in [6.07, 6.45) is 7.67. The quantitative estimate of drug-likeness (QED) is 0.566. The van der Waals surface area contributed by atoms with Crippen LogP contribution in [0.4, 0.5) is 14.7 Å². The van der Waals surface area contributed by atoms with E-state index >= 15 is 0 Å². The molecule has 0 atom stereocenters. The number of benzene rings is 1. The number of nitrogens with zero attached hydrogens (tertiary/aromatic N) is 5. The highest BCUT2D eigenvalue weighted by atomic mass is 19.1. The van der Waals surface area contributed by atoms with Crippen LogP contribution in [0.3, 0.4) is 0 Å². The predicted octanol–water partition coefficient (Wildman–Crippen LogP) is 4.55. The van der Waals surface area contributed by atoms with Crippen LogP contribution in [0.5, 0.6) is 5.75 Å². The van der Waals surface area contributed by atoms with Gasteiger partial charge in [-0.05, 0) is 60.6 Å². The summed E-state index contributed by atoms with van der Waals surface area (Å²) >= 11 is 0. The van der Waals surface area contributed by atoms with E-state index in [9.17, 15) is 8.78 Å². The van der Waals surface area contributed by atoms with E-state index in [-0.39, 0.29) is 24.0 Å². The summed E-state index contributed by atoms with van der Waals surface area (Å²) in [4.78, 5) is 14.9. The first kappa shape index (κ1) is 21.6. The van der Waals surface area contributed by atoms with Crippen LogP contribution in [0.2, 0.25) is 0 Å². The Morgan fingerprint density at radius 3 is 2.28 bits per heavy atom. The summed E-state index contributed by atoms with van der Waals surface area (Å²) in [5.41, 5.74) is 2.20. The molecule has 3 aromatic rings. The number of piperidine rings is 1. The lowest BCUT2D eigenvalue weighted by Crippen LogP contribution is -2.36. The van der Waals surface area contributed by atoms with Crippen molar-refractivity contribution in [3.63, 3.8) is 0 Å². The molecule has 1 aliphatic heterocycles. The summed E-state index contributed by atoms with van der Waals surface area (Å²) in [5, 5.41) is 8.82. The molecule has 0 unspecified atom stereocenters. The molecule has 0 bridgehead atoms. The number of hydrogen-bond donors (Lipinski definition) is 0. The Labute approximate surface area is 185 Å². The molecule has 0 spiro atoms. The smallest absolute Gasteiger partial charge is 0.225 e. The molecule has 0 radical (unpaired) electrons. The Balaban J connectivity index is 1.35. The maximum Gasteiger partial charge on any atom is 0.225 e. The van der Waals surface area contributed by atoms with Gasteiger partial charge in [-0.15, -0.1) is 0 Å². The van der Waals surface area contributed by atoms with Crippen LogP contribution >= 0.6 is 0 Å². The molecule has 1 saturated heterocycles. The van der Waals surface area contributed by atoms with Crippen molar-refractivity contribution in [2.24, 2.45) is 5.92 Å². The van der Waals surface area contributed by atoms with Gasteiger partial charge in [0.25, 0.3) is 0 Å². The molecule has 1 fully saturated rings. The number of halogens is 2. The molecular formula is C24H23F2N5O. The lowest BCUT2D eigenvalue weighted by atomic mass is 9.98. The molecule has 1 aliphatic rings. The standard InChI is InChI=1S/C24H23F2N5O/c1-2-16-12-29-24(30-13-16)31-7-5-17(6-8-31)15-32-23-21(25)9-19(10-22(23)26)18-3-4-20(11-27)28-14-18/h3-4,9-10,12-14,17H,2,5-8,15H2,1H3. The average Bonchev–Trinajstić information content (AvgIpc) is 2.84. The number of aryl methyl sites for hydroxylation is 1. The fraction of sp³-hybridized carbons (Fsp3) is 0.333. The van der Waals surface area contributed by atoms with Gasteiger partial charge in [0.05, 0.1) is 6.61 Å². The second-order valence-electron chi connectivity index (χ2n) is 7.80. The Hall–Kier alpha value is -3.60. The van der Waals surface area contributed by atoms with Gasteiger partial charge in [-0.2, -0.15) is 5.26 Å². The number of ether oxygens (including phenoxy) is 1. The number of hydrogen-bond acceptors (Lipinski definition) is 6. The van der Waals surface area contributed by atoms with Crippen molar-refractivity contribution in [2.75, 3.05) is 24.6 Å². The van der Waals surface area contributed by atoms with Crippen LogP contribution in [-0.2, 0) is 6.42 Å². The van der Waals surface area contributed by atoms with E-state index in [0.29, 0.717) is 17.1 Å². The number of anilines is 1. The van der Waals surface area contributed by atoms with E-state index in [1.54, 1.807) is 6.07 Å². The maximum absolute atomic E-state index is 14.6.